The molecule has 2 N–H and O–H groups in total. The number of furan rings is 1. The summed E-state index contributed by atoms with van der Waals surface area (Å²) >= 11 is 1.82. The van der Waals surface area contributed by atoms with Crippen LogP contribution in [0.3, 0.4) is 0 Å². The van der Waals surface area contributed by atoms with E-state index in [1.807, 2.05) is 23.9 Å². The lowest BCUT2D eigenvalue weighted by atomic mass is 9.89. The molecule has 0 amide bonds. The smallest absolute Gasteiger partial charge is 0.191 e. The highest BCUT2D eigenvalue weighted by Crippen LogP contribution is 2.25. The van der Waals surface area contributed by atoms with Crippen LogP contribution in [0.5, 0.6) is 0 Å². The van der Waals surface area contributed by atoms with Gasteiger partial charge in [0.25, 0.3) is 0 Å². The summed E-state index contributed by atoms with van der Waals surface area (Å²) in [7, 11) is 0. The largest absolute Gasteiger partial charge is 0.469 e. The second-order valence-corrected chi connectivity index (χ2v) is 7.82. The van der Waals surface area contributed by atoms with Gasteiger partial charge in [-0.3, -0.25) is 4.99 Å². The van der Waals surface area contributed by atoms with Crippen LogP contribution in [0.15, 0.2) is 27.8 Å². The molecule has 1 aromatic heterocycles. The number of nitrogens with zero attached hydrogens (tertiary/aromatic N) is 1. The van der Waals surface area contributed by atoms with E-state index >= 15 is 0 Å². The zero-order valence-corrected chi connectivity index (χ0v) is 20.1. The average Bonchev–Trinajstić information content (AvgIpc) is 3.17. The van der Waals surface area contributed by atoms with E-state index < -0.39 is 0 Å². The molecular weight excluding hydrogens is 473 g/mol. The molecule has 2 heterocycles. The van der Waals surface area contributed by atoms with Gasteiger partial charge in [0.05, 0.1) is 18.9 Å². The van der Waals surface area contributed by atoms with Crippen molar-refractivity contribution in [3.8, 4) is 0 Å². The lowest BCUT2D eigenvalue weighted by Crippen LogP contribution is -2.48. The van der Waals surface area contributed by atoms with Crippen LogP contribution < -0.4 is 10.6 Å². The first-order valence-corrected chi connectivity index (χ1v) is 11.3. The summed E-state index contributed by atoms with van der Waals surface area (Å²) in [6, 6.07) is 4.37. The number of rotatable bonds is 10. The molecule has 0 aliphatic carbocycles. The summed E-state index contributed by atoms with van der Waals surface area (Å²) in [5, 5.41) is 7.11. The van der Waals surface area contributed by atoms with E-state index in [4.69, 9.17) is 14.1 Å². The summed E-state index contributed by atoms with van der Waals surface area (Å²) in [5.74, 6) is 3.61. The fourth-order valence-corrected chi connectivity index (χ4v) is 3.73. The van der Waals surface area contributed by atoms with Crippen molar-refractivity contribution in [1.29, 1.82) is 0 Å². The Morgan fingerprint density at radius 2 is 2.19 bits per heavy atom. The van der Waals surface area contributed by atoms with E-state index in [0.717, 1.165) is 56.4 Å². The van der Waals surface area contributed by atoms with Crippen LogP contribution in [0, 0.1) is 5.92 Å². The standard InChI is InChI=1S/C20H35N3O2S.HI/c1-4-16(5-2)19-15-17(9-13-25-19)23-20(22-11-14-26-3)21-10-8-18-7-6-12-24-18;/h6-7,12,16-17,19H,4-5,8-11,13-15H2,1-3H3,(H2,21,22,23);1H. The monoisotopic (exact) mass is 509 g/mol. The molecule has 1 aliphatic rings. The fourth-order valence-electron chi connectivity index (χ4n) is 3.46. The number of hydrogen-bond acceptors (Lipinski definition) is 4. The highest BCUT2D eigenvalue weighted by atomic mass is 127. The summed E-state index contributed by atoms with van der Waals surface area (Å²) in [6.45, 7) is 7.01. The van der Waals surface area contributed by atoms with Crippen LogP contribution >= 0.6 is 35.7 Å². The highest BCUT2D eigenvalue weighted by molar-refractivity contribution is 14.0. The molecule has 1 saturated heterocycles. The zero-order valence-electron chi connectivity index (χ0n) is 16.9. The summed E-state index contributed by atoms with van der Waals surface area (Å²) < 4.78 is 11.5. The molecule has 2 atom stereocenters. The third-order valence-corrected chi connectivity index (χ3v) is 5.63. The Bertz CT molecular complexity index is 509. The first-order valence-electron chi connectivity index (χ1n) is 9.94. The number of thioether (sulfide) groups is 1. The van der Waals surface area contributed by atoms with Crippen molar-refractivity contribution < 1.29 is 9.15 Å². The van der Waals surface area contributed by atoms with Gasteiger partial charge in [0.2, 0.25) is 0 Å². The van der Waals surface area contributed by atoms with E-state index in [2.05, 4.69) is 30.7 Å². The Morgan fingerprint density at radius 1 is 1.37 bits per heavy atom. The molecule has 0 aromatic carbocycles. The maximum Gasteiger partial charge on any atom is 0.191 e. The van der Waals surface area contributed by atoms with Gasteiger partial charge in [-0.15, -0.1) is 24.0 Å². The van der Waals surface area contributed by atoms with Crippen molar-refractivity contribution in [2.75, 3.05) is 31.7 Å². The topological polar surface area (TPSA) is 58.8 Å². The van der Waals surface area contributed by atoms with Crippen molar-refractivity contribution in [2.24, 2.45) is 10.9 Å². The maximum atomic E-state index is 6.05. The van der Waals surface area contributed by atoms with Gasteiger partial charge in [0.1, 0.15) is 5.76 Å². The van der Waals surface area contributed by atoms with E-state index in [-0.39, 0.29) is 24.0 Å². The van der Waals surface area contributed by atoms with Crippen LogP contribution in [0.25, 0.3) is 0 Å². The van der Waals surface area contributed by atoms with Gasteiger partial charge in [0, 0.05) is 31.4 Å². The molecule has 5 nitrogen and oxygen atoms in total. The summed E-state index contributed by atoms with van der Waals surface area (Å²) in [5.41, 5.74) is 0. The molecule has 2 rings (SSSR count). The molecule has 0 radical (unpaired) electrons. The molecule has 0 bridgehead atoms. The minimum Gasteiger partial charge on any atom is -0.469 e. The third-order valence-electron chi connectivity index (χ3n) is 5.04. The Morgan fingerprint density at radius 3 is 2.85 bits per heavy atom. The maximum absolute atomic E-state index is 6.05. The fraction of sp³-hybridized carbons (Fsp3) is 0.750. The van der Waals surface area contributed by atoms with E-state index in [0.29, 0.717) is 18.1 Å². The zero-order chi connectivity index (χ0) is 18.6. The number of ether oxygens (including phenoxy) is 1. The first kappa shape index (κ1) is 24.6. The first-order chi connectivity index (χ1) is 12.8. The van der Waals surface area contributed by atoms with Crippen LogP contribution in [0.4, 0.5) is 0 Å². The molecule has 1 aliphatic heterocycles. The van der Waals surface area contributed by atoms with Crippen LogP contribution in [-0.2, 0) is 11.2 Å². The van der Waals surface area contributed by atoms with Gasteiger partial charge in [0.15, 0.2) is 5.96 Å². The van der Waals surface area contributed by atoms with Gasteiger partial charge in [-0.2, -0.15) is 11.8 Å². The SMILES string of the molecule is CCC(CC)C1CC(NC(=NCCSC)NCCc2ccco2)CCO1.I. The van der Waals surface area contributed by atoms with E-state index in [1.165, 1.54) is 12.8 Å². The molecular formula is C20H36IN3O2S. The Hall–Kier alpha value is -0.410. The Labute approximate surface area is 185 Å². The van der Waals surface area contributed by atoms with Gasteiger partial charge in [-0.25, -0.2) is 0 Å². The molecule has 1 aromatic rings. The van der Waals surface area contributed by atoms with Gasteiger partial charge in [-0.1, -0.05) is 26.7 Å². The molecule has 0 saturated carbocycles. The minimum atomic E-state index is 0. The Kier molecular flexibility index (Phi) is 13.3. The summed E-state index contributed by atoms with van der Waals surface area (Å²) in [6.07, 6.45) is 9.54. The number of nitrogens with one attached hydrogen (secondary N) is 2. The molecule has 7 heteroatoms. The van der Waals surface area contributed by atoms with Crippen molar-refractivity contribution in [3.63, 3.8) is 0 Å². The molecule has 1 fully saturated rings. The average molecular weight is 509 g/mol. The van der Waals surface area contributed by atoms with E-state index in [9.17, 15) is 0 Å². The van der Waals surface area contributed by atoms with Crippen LogP contribution in [0.1, 0.15) is 45.3 Å². The second-order valence-electron chi connectivity index (χ2n) is 6.83. The molecule has 27 heavy (non-hydrogen) atoms. The number of guanidine groups is 1. The quantitative estimate of drug-likeness (QED) is 0.213. The van der Waals surface area contributed by atoms with Crippen molar-refractivity contribution in [1.82, 2.24) is 10.6 Å². The molecule has 0 spiro atoms. The molecule has 156 valence electrons. The Balaban J connectivity index is 0.00000364. The lowest BCUT2D eigenvalue weighted by Gasteiger charge is -2.35. The van der Waals surface area contributed by atoms with Gasteiger partial charge in [-0.05, 0) is 37.1 Å². The van der Waals surface area contributed by atoms with Crippen LogP contribution in [0.2, 0.25) is 0 Å². The lowest BCUT2D eigenvalue weighted by molar-refractivity contribution is -0.0324. The van der Waals surface area contributed by atoms with Crippen LogP contribution in [-0.4, -0.2) is 49.8 Å². The molecule has 2 unspecified atom stereocenters. The van der Waals surface area contributed by atoms with Crippen molar-refractivity contribution >= 4 is 41.7 Å². The predicted molar refractivity (Wildman–Crippen MR) is 126 cm³/mol. The van der Waals surface area contributed by atoms with E-state index in [1.54, 1.807) is 6.26 Å². The number of aliphatic imine (C=N–C) groups is 1. The van der Waals surface area contributed by atoms with Gasteiger partial charge < -0.3 is 19.8 Å². The summed E-state index contributed by atoms with van der Waals surface area (Å²) in [4.78, 5) is 4.74. The highest BCUT2D eigenvalue weighted by Gasteiger charge is 2.28. The number of halogens is 1. The number of hydrogen-bond donors (Lipinski definition) is 2. The second kappa shape index (κ2) is 14.6. The normalized spacial score (nSPS) is 20.4. The van der Waals surface area contributed by atoms with Gasteiger partial charge >= 0.3 is 0 Å². The minimum absolute atomic E-state index is 0. The predicted octanol–water partition coefficient (Wildman–Crippen LogP) is 4.32. The van der Waals surface area contributed by atoms with Crippen molar-refractivity contribution in [2.45, 2.75) is 58.1 Å². The third kappa shape index (κ3) is 9.09. The van der Waals surface area contributed by atoms with Crippen molar-refractivity contribution in [3.05, 3.63) is 24.2 Å².